The lowest BCUT2D eigenvalue weighted by Crippen LogP contribution is -2.49. The second-order valence-electron chi connectivity index (χ2n) is 6.94. The topological polar surface area (TPSA) is 54.7 Å². The Balaban J connectivity index is 1.88. The molecular weight excluding hydrogens is 292 g/mol. The smallest absolute Gasteiger partial charge is 0.287 e. The van der Waals surface area contributed by atoms with Gasteiger partial charge in [0, 0.05) is 19.7 Å². The Morgan fingerprint density at radius 2 is 2.09 bits per heavy atom. The van der Waals surface area contributed by atoms with Crippen LogP contribution in [-0.2, 0) is 11.3 Å². The normalized spacial score (nSPS) is 18.3. The highest BCUT2D eigenvalue weighted by Crippen LogP contribution is 2.21. The van der Waals surface area contributed by atoms with Gasteiger partial charge in [-0.05, 0) is 49.9 Å². The second kappa shape index (κ2) is 8.50. The zero-order valence-corrected chi connectivity index (χ0v) is 14.8. The predicted octanol–water partition coefficient (Wildman–Crippen LogP) is 2.91. The van der Waals surface area contributed by atoms with Gasteiger partial charge in [0.15, 0.2) is 5.76 Å². The fraction of sp³-hybridized carbons (Fsp3) is 0.722. The summed E-state index contributed by atoms with van der Waals surface area (Å²) in [5, 5.41) is 3.03. The van der Waals surface area contributed by atoms with Gasteiger partial charge in [-0.3, -0.25) is 9.69 Å². The zero-order chi connectivity index (χ0) is 16.8. The highest BCUT2D eigenvalue weighted by molar-refractivity contribution is 5.91. The largest absolute Gasteiger partial charge is 0.453 e. The average Bonchev–Trinajstić information content (AvgIpc) is 2.98. The molecule has 1 amide bonds. The minimum Gasteiger partial charge on any atom is -0.453 e. The fourth-order valence-corrected chi connectivity index (χ4v) is 3.15. The first-order chi connectivity index (χ1) is 11.0. The third kappa shape index (κ3) is 5.08. The molecular formula is C18H30N2O3. The van der Waals surface area contributed by atoms with E-state index in [1.54, 1.807) is 19.2 Å². The van der Waals surface area contributed by atoms with Crippen LogP contribution in [0.3, 0.4) is 0 Å². The van der Waals surface area contributed by atoms with Crippen molar-refractivity contribution in [1.82, 2.24) is 10.2 Å². The Morgan fingerprint density at radius 1 is 1.39 bits per heavy atom. The maximum Gasteiger partial charge on any atom is 0.287 e. The van der Waals surface area contributed by atoms with E-state index in [9.17, 15) is 4.79 Å². The van der Waals surface area contributed by atoms with E-state index in [0.717, 1.165) is 19.0 Å². The van der Waals surface area contributed by atoms with Gasteiger partial charge in [-0.1, -0.05) is 20.8 Å². The van der Waals surface area contributed by atoms with Gasteiger partial charge in [0.2, 0.25) is 0 Å². The molecule has 5 nitrogen and oxygen atoms in total. The van der Waals surface area contributed by atoms with Crippen molar-refractivity contribution in [2.75, 3.05) is 26.7 Å². The Hall–Kier alpha value is -1.33. The number of hydrogen-bond donors (Lipinski definition) is 1. The number of hydrogen-bond acceptors (Lipinski definition) is 4. The van der Waals surface area contributed by atoms with Crippen LogP contribution in [0.15, 0.2) is 16.5 Å². The number of amides is 1. The van der Waals surface area contributed by atoms with Gasteiger partial charge >= 0.3 is 0 Å². The van der Waals surface area contributed by atoms with Crippen LogP contribution in [0.5, 0.6) is 0 Å². The lowest BCUT2D eigenvalue weighted by atomic mass is 9.94. The van der Waals surface area contributed by atoms with Crippen LogP contribution in [0.2, 0.25) is 0 Å². The van der Waals surface area contributed by atoms with Crippen molar-refractivity contribution in [3.8, 4) is 0 Å². The van der Waals surface area contributed by atoms with E-state index in [-0.39, 0.29) is 5.91 Å². The van der Waals surface area contributed by atoms with Crippen LogP contribution >= 0.6 is 0 Å². The van der Waals surface area contributed by atoms with Crippen molar-refractivity contribution < 1.29 is 13.9 Å². The van der Waals surface area contributed by atoms with Crippen molar-refractivity contribution >= 4 is 5.91 Å². The van der Waals surface area contributed by atoms with Crippen molar-refractivity contribution in [3.05, 3.63) is 23.7 Å². The highest BCUT2D eigenvalue weighted by atomic mass is 16.5. The maximum absolute atomic E-state index is 12.3. The van der Waals surface area contributed by atoms with Gasteiger partial charge < -0.3 is 14.5 Å². The third-order valence-electron chi connectivity index (χ3n) is 4.70. The summed E-state index contributed by atoms with van der Waals surface area (Å²) in [4.78, 5) is 14.8. The van der Waals surface area contributed by atoms with Crippen LogP contribution in [0.25, 0.3) is 0 Å². The first-order valence-electron chi connectivity index (χ1n) is 8.61. The van der Waals surface area contributed by atoms with Crippen molar-refractivity contribution in [2.45, 2.75) is 46.3 Å². The van der Waals surface area contributed by atoms with Gasteiger partial charge in [0.25, 0.3) is 5.91 Å². The van der Waals surface area contributed by atoms with E-state index in [0.29, 0.717) is 36.6 Å². The average molecular weight is 322 g/mol. The van der Waals surface area contributed by atoms with Gasteiger partial charge in [0.05, 0.1) is 0 Å². The molecule has 1 unspecified atom stereocenters. The maximum atomic E-state index is 12.3. The molecule has 1 fully saturated rings. The lowest BCUT2D eigenvalue weighted by Gasteiger charge is -2.38. The van der Waals surface area contributed by atoms with E-state index in [1.165, 1.54) is 12.8 Å². The third-order valence-corrected chi connectivity index (χ3v) is 4.70. The number of ether oxygens (including phenoxy) is 1. The number of carbonyl (C=O) groups is 1. The molecule has 0 radical (unpaired) electrons. The highest BCUT2D eigenvalue weighted by Gasteiger charge is 2.26. The molecule has 5 heteroatoms. The first-order valence-corrected chi connectivity index (χ1v) is 8.61. The number of methoxy groups -OCH3 is 1. The molecule has 1 N–H and O–H groups in total. The van der Waals surface area contributed by atoms with Gasteiger partial charge in [0.1, 0.15) is 12.4 Å². The van der Waals surface area contributed by atoms with Crippen molar-refractivity contribution in [2.24, 2.45) is 11.8 Å². The van der Waals surface area contributed by atoms with E-state index in [4.69, 9.17) is 9.15 Å². The summed E-state index contributed by atoms with van der Waals surface area (Å²) in [6.45, 7) is 10.0. The van der Waals surface area contributed by atoms with Crippen LogP contribution in [0.4, 0.5) is 0 Å². The number of piperidine rings is 1. The number of carbonyl (C=O) groups excluding carboxylic acids is 1. The summed E-state index contributed by atoms with van der Waals surface area (Å²) in [5.41, 5.74) is 0. The minimum absolute atomic E-state index is 0.150. The number of likely N-dealkylation sites (tertiary alicyclic amines) is 1. The van der Waals surface area contributed by atoms with E-state index >= 15 is 0 Å². The minimum atomic E-state index is -0.150. The van der Waals surface area contributed by atoms with Gasteiger partial charge in [-0.2, -0.15) is 0 Å². The number of furan rings is 1. The SMILES string of the molecule is COCc1ccc(C(=O)NCC(C(C)C)N2CCC(C)CC2)o1. The quantitative estimate of drug-likeness (QED) is 0.838. The Kier molecular flexibility index (Phi) is 6.66. The van der Waals surface area contributed by atoms with Crippen molar-refractivity contribution in [3.63, 3.8) is 0 Å². The van der Waals surface area contributed by atoms with E-state index in [1.807, 2.05) is 0 Å². The number of nitrogens with zero attached hydrogens (tertiary/aromatic N) is 1. The Morgan fingerprint density at radius 3 is 2.70 bits per heavy atom. The molecule has 0 saturated carbocycles. The summed E-state index contributed by atoms with van der Waals surface area (Å²) in [6.07, 6.45) is 2.49. The van der Waals surface area contributed by atoms with Crippen LogP contribution < -0.4 is 5.32 Å². The molecule has 0 aromatic carbocycles. The molecule has 1 aromatic rings. The lowest BCUT2D eigenvalue weighted by molar-refractivity contribution is 0.0834. The van der Waals surface area contributed by atoms with E-state index in [2.05, 4.69) is 31.0 Å². The van der Waals surface area contributed by atoms with Gasteiger partial charge in [-0.25, -0.2) is 0 Å². The molecule has 1 aliphatic rings. The molecule has 2 rings (SSSR count). The molecule has 130 valence electrons. The number of nitrogens with one attached hydrogen (secondary N) is 1. The summed E-state index contributed by atoms with van der Waals surface area (Å²) in [5.74, 6) is 2.19. The molecule has 1 atom stereocenters. The molecule has 0 bridgehead atoms. The molecule has 0 spiro atoms. The first kappa shape index (κ1) is 18.0. The van der Waals surface area contributed by atoms with E-state index < -0.39 is 0 Å². The zero-order valence-electron chi connectivity index (χ0n) is 14.8. The van der Waals surface area contributed by atoms with Crippen molar-refractivity contribution in [1.29, 1.82) is 0 Å². The summed E-state index contributed by atoms with van der Waals surface area (Å²) >= 11 is 0. The molecule has 23 heavy (non-hydrogen) atoms. The molecule has 1 aromatic heterocycles. The summed E-state index contributed by atoms with van der Waals surface area (Å²) in [6, 6.07) is 3.86. The Bertz CT molecular complexity index is 490. The second-order valence-corrected chi connectivity index (χ2v) is 6.94. The molecule has 2 heterocycles. The summed E-state index contributed by atoms with van der Waals surface area (Å²) in [7, 11) is 1.61. The standard InChI is InChI=1S/C18H30N2O3/c1-13(2)16(20-9-7-14(3)8-10-20)11-19-18(21)17-6-5-15(23-17)12-22-4/h5-6,13-14,16H,7-12H2,1-4H3,(H,19,21). The fourth-order valence-electron chi connectivity index (χ4n) is 3.15. The van der Waals surface area contributed by atoms with Crippen LogP contribution in [0.1, 0.15) is 49.9 Å². The van der Waals surface area contributed by atoms with Crippen LogP contribution in [-0.4, -0.2) is 43.6 Å². The predicted molar refractivity (Wildman–Crippen MR) is 90.4 cm³/mol. The Labute approximate surface area is 139 Å². The molecule has 1 saturated heterocycles. The number of rotatable bonds is 7. The molecule has 1 aliphatic heterocycles. The molecule has 0 aliphatic carbocycles. The van der Waals surface area contributed by atoms with Crippen LogP contribution in [0, 0.1) is 11.8 Å². The summed E-state index contributed by atoms with van der Waals surface area (Å²) < 4.78 is 10.5. The monoisotopic (exact) mass is 322 g/mol. The van der Waals surface area contributed by atoms with Gasteiger partial charge in [-0.15, -0.1) is 0 Å².